The Bertz CT molecular complexity index is 741. The van der Waals surface area contributed by atoms with Gasteiger partial charge in [0.05, 0.1) is 0 Å². The summed E-state index contributed by atoms with van der Waals surface area (Å²) >= 11 is 0. The Morgan fingerprint density at radius 2 is 1.58 bits per heavy atom. The number of aryl methyl sites for hydroxylation is 1. The third-order valence-electron chi connectivity index (χ3n) is 4.48. The Morgan fingerprint density at radius 3 is 2.15 bits per heavy atom. The maximum absolute atomic E-state index is 12.8. The first kappa shape index (κ1) is 19.7. The van der Waals surface area contributed by atoms with Gasteiger partial charge in [0.1, 0.15) is 0 Å². The van der Waals surface area contributed by atoms with Gasteiger partial charge >= 0.3 is 0 Å². The number of nitrogens with zero attached hydrogens (tertiary/aromatic N) is 2. The zero-order chi connectivity index (χ0) is 19.1. The Labute approximate surface area is 156 Å². The van der Waals surface area contributed by atoms with Crippen LogP contribution >= 0.6 is 0 Å². The lowest BCUT2D eigenvalue weighted by Crippen LogP contribution is -2.39. The van der Waals surface area contributed by atoms with Crippen LogP contribution in [0.15, 0.2) is 54.6 Å². The number of rotatable bonds is 7. The number of amides is 2. The highest BCUT2D eigenvalue weighted by molar-refractivity contribution is 5.93. The van der Waals surface area contributed by atoms with Crippen molar-refractivity contribution in [3.8, 4) is 0 Å². The standard InChI is InChI=1S/C22H28N2O2/c1-17(2)24(16-20-11-6-5-7-12-20)22(26)14-15-23(19(4)25)21-13-9-8-10-18(21)3/h5-13,17H,14-16H2,1-4H3. The maximum Gasteiger partial charge on any atom is 0.224 e. The van der Waals surface area contributed by atoms with Gasteiger partial charge in [-0.2, -0.15) is 0 Å². The van der Waals surface area contributed by atoms with Gasteiger partial charge in [-0.15, -0.1) is 0 Å². The average molecular weight is 352 g/mol. The van der Waals surface area contributed by atoms with Gasteiger partial charge < -0.3 is 9.80 Å². The van der Waals surface area contributed by atoms with Crippen molar-refractivity contribution < 1.29 is 9.59 Å². The fraction of sp³-hybridized carbons (Fsp3) is 0.364. The summed E-state index contributed by atoms with van der Waals surface area (Å²) in [6.07, 6.45) is 0.304. The van der Waals surface area contributed by atoms with Gasteiger partial charge in [-0.25, -0.2) is 0 Å². The molecular formula is C22H28N2O2. The molecule has 0 saturated heterocycles. The first-order chi connectivity index (χ1) is 12.4. The van der Waals surface area contributed by atoms with Gasteiger partial charge in [-0.1, -0.05) is 48.5 Å². The molecule has 0 aliphatic carbocycles. The van der Waals surface area contributed by atoms with Gasteiger partial charge in [0.15, 0.2) is 0 Å². The second-order valence-electron chi connectivity index (χ2n) is 6.81. The highest BCUT2D eigenvalue weighted by Gasteiger charge is 2.20. The fourth-order valence-electron chi connectivity index (χ4n) is 3.00. The first-order valence-electron chi connectivity index (χ1n) is 9.07. The van der Waals surface area contributed by atoms with E-state index in [0.29, 0.717) is 19.5 Å². The first-order valence-corrected chi connectivity index (χ1v) is 9.07. The second-order valence-corrected chi connectivity index (χ2v) is 6.81. The SMILES string of the molecule is CC(=O)N(CCC(=O)N(Cc1ccccc1)C(C)C)c1ccccc1C. The summed E-state index contributed by atoms with van der Waals surface area (Å²) in [5, 5.41) is 0. The molecule has 0 aliphatic heterocycles. The van der Waals surface area contributed by atoms with Crippen LogP contribution in [-0.4, -0.2) is 29.3 Å². The molecule has 0 fully saturated rings. The number of hydrogen-bond donors (Lipinski definition) is 0. The molecule has 0 saturated carbocycles. The molecule has 138 valence electrons. The van der Waals surface area contributed by atoms with Crippen LogP contribution in [0.5, 0.6) is 0 Å². The summed E-state index contributed by atoms with van der Waals surface area (Å²) in [4.78, 5) is 28.5. The molecule has 0 atom stereocenters. The van der Waals surface area contributed by atoms with Crippen molar-refractivity contribution in [2.75, 3.05) is 11.4 Å². The molecule has 4 heteroatoms. The van der Waals surface area contributed by atoms with Crippen molar-refractivity contribution in [3.05, 3.63) is 65.7 Å². The van der Waals surface area contributed by atoms with E-state index >= 15 is 0 Å². The van der Waals surface area contributed by atoms with Gasteiger partial charge in [0.2, 0.25) is 11.8 Å². The van der Waals surface area contributed by atoms with Crippen molar-refractivity contribution >= 4 is 17.5 Å². The molecule has 2 amide bonds. The molecular weight excluding hydrogens is 324 g/mol. The summed E-state index contributed by atoms with van der Waals surface area (Å²) in [6, 6.07) is 17.8. The van der Waals surface area contributed by atoms with Gasteiger partial charge in [-0.3, -0.25) is 9.59 Å². The number of hydrogen-bond acceptors (Lipinski definition) is 2. The summed E-state index contributed by atoms with van der Waals surface area (Å²) < 4.78 is 0. The van der Waals surface area contributed by atoms with Crippen LogP contribution in [-0.2, 0) is 16.1 Å². The lowest BCUT2D eigenvalue weighted by molar-refractivity contribution is -0.133. The monoisotopic (exact) mass is 352 g/mol. The van der Waals surface area contributed by atoms with E-state index in [-0.39, 0.29) is 17.9 Å². The van der Waals surface area contributed by atoms with Crippen molar-refractivity contribution in [2.45, 2.75) is 46.7 Å². The summed E-state index contributed by atoms with van der Waals surface area (Å²) in [7, 11) is 0. The molecule has 0 bridgehead atoms. The lowest BCUT2D eigenvalue weighted by Gasteiger charge is -2.29. The number of carbonyl (C=O) groups excluding carboxylic acids is 2. The van der Waals surface area contributed by atoms with E-state index in [1.54, 1.807) is 11.8 Å². The molecule has 4 nitrogen and oxygen atoms in total. The normalized spacial score (nSPS) is 10.7. The van der Waals surface area contributed by atoms with Crippen molar-refractivity contribution in [1.82, 2.24) is 4.90 Å². The molecule has 0 heterocycles. The van der Waals surface area contributed by atoms with E-state index in [1.165, 1.54) is 0 Å². The molecule has 2 rings (SSSR count). The van der Waals surface area contributed by atoms with Gasteiger partial charge in [0.25, 0.3) is 0 Å². The largest absolute Gasteiger partial charge is 0.336 e. The predicted octanol–water partition coefficient (Wildman–Crippen LogP) is 4.18. The molecule has 0 spiro atoms. The smallest absolute Gasteiger partial charge is 0.224 e. The molecule has 0 N–H and O–H groups in total. The molecule has 0 aliphatic rings. The summed E-state index contributed by atoms with van der Waals surface area (Å²) in [5.74, 6) is 0.00921. The second kappa shape index (κ2) is 9.18. The van der Waals surface area contributed by atoms with Crippen LogP contribution in [0.25, 0.3) is 0 Å². The van der Waals surface area contributed by atoms with E-state index in [1.807, 2.05) is 80.3 Å². The molecule has 2 aromatic carbocycles. The lowest BCUT2D eigenvalue weighted by atomic mass is 10.1. The van der Waals surface area contributed by atoms with E-state index < -0.39 is 0 Å². The van der Waals surface area contributed by atoms with Crippen LogP contribution in [0.3, 0.4) is 0 Å². The number of carbonyl (C=O) groups is 2. The maximum atomic E-state index is 12.8. The predicted molar refractivity (Wildman–Crippen MR) is 106 cm³/mol. The van der Waals surface area contributed by atoms with Crippen molar-refractivity contribution in [1.29, 1.82) is 0 Å². The van der Waals surface area contributed by atoms with E-state index in [0.717, 1.165) is 16.8 Å². The summed E-state index contributed by atoms with van der Waals surface area (Å²) in [5.41, 5.74) is 3.00. The minimum absolute atomic E-state index is 0.0498. The Kier molecular flexibility index (Phi) is 6.96. The van der Waals surface area contributed by atoms with Crippen LogP contribution in [0.1, 0.15) is 38.3 Å². The summed E-state index contributed by atoms with van der Waals surface area (Å²) in [6.45, 7) is 8.53. The third-order valence-corrected chi connectivity index (χ3v) is 4.48. The van der Waals surface area contributed by atoms with E-state index in [2.05, 4.69) is 0 Å². The zero-order valence-electron chi connectivity index (χ0n) is 16.1. The van der Waals surface area contributed by atoms with E-state index in [4.69, 9.17) is 0 Å². The number of para-hydroxylation sites is 1. The molecule has 0 unspecified atom stereocenters. The van der Waals surface area contributed by atoms with Crippen LogP contribution in [0.4, 0.5) is 5.69 Å². The minimum Gasteiger partial charge on any atom is -0.336 e. The minimum atomic E-state index is -0.0498. The van der Waals surface area contributed by atoms with Gasteiger partial charge in [-0.05, 0) is 38.0 Å². The number of benzene rings is 2. The third kappa shape index (κ3) is 5.19. The molecule has 2 aromatic rings. The van der Waals surface area contributed by atoms with Crippen LogP contribution in [0, 0.1) is 6.92 Å². The van der Waals surface area contributed by atoms with Crippen LogP contribution in [0.2, 0.25) is 0 Å². The Morgan fingerprint density at radius 1 is 0.962 bits per heavy atom. The fourth-order valence-corrected chi connectivity index (χ4v) is 3.00. The average Bonchev–Trinajstić information content (AvgIpc) is 2.61. The van der Waals surface area contributed by atoms with Gasteiger partial charge in [0, 0.05) is 38.2 Å². The highest BCUT2D eigenvalue weighted by atomic mass is 16.2. The topological polar surface area (TPSA) is 40.6 Å². The Hall–Kier alpha value is -2.62. The zero-order valence-corrected chi connectivity index (χ0v) is 16.1. The van der Waals surface area contributed by atoms with E-state index in [9.17, 15) is 9.59 Å². The molecule has 0 radical (unpaired) electrons. The highest BCUT2D eigenvalue weighted by Crippen LogP contribution is 2.20. The number of anilines is 1. The van der Waals surface area contributed by atoms with Crippen molar-refractivity contribution in [2.24, 2.45) is 0 Å². The Balaban J connectivity index is 2.08. The molecule has 26 heavy (non-hydrogen) atoms. The van der Waals surface area contributed by atoms with Crippen LogP contribution < -0.4 is 4.90 Å². The van der Waals surface area contributed by atoms with Crippen molar-refractivity contribution in [3.63, 3.8) is 0 Å². The quantitative estimate of drug-likeness (QED) is 0.750. The molecule has 0 aromatic heterocycles.